The minimum Gasteiger partial charge on any atom is -0.369 e. The number of anilines is 1. The molecule has 1 atom stereocenters. The molecule has 0 unspecified atom stereocenters. The van der Waals surface area contributed by atoms with Crippen LogP contribution < -0.4 is 15.5 Å². The molecule has 6 heteroatoms. The van der Waals surface area contributed by atoms with E-state index in [1.165, 1.54) is 12.1 Å². The van der Waals surface area contributed by atoms with Crippen molar-refractivity contribution in [3.8, 4) is 0 Å². The van der Waals surface area contributed by atoms with Crippen molar-refractivity contribution in [2.75, 3.05) is 50.7 Å². The number of amides is 1. The molecule has 2 heterocycles. The van der Waals surface area contributed by atoms with Gasteiger partial charge in [0.05, 0.1) is 0 Å². The zero-order valence-corrected chi connectivity index (χ0v) is 15.2. The monoisotopic (exact) mass is 348 g/mol. The highest BCUT2D eigenvalue weighted by Crippen LogP contribution is 2.21. The third-order valence-electron chi connectivity index (χ3n) is 4.91. The SMILES string of the molecule is CC(C)C[C@H]1CN(C(=O)c2cc(F)cc(N3CCNCC3)c2)CCN1. The van der Waals surface area contributed by atoms with E-state index >= 15 is 0 Å². The second-order valence-electron chi connectivity index (χ2n) is 7.47. The second-order valence-corrected chi connectivity index (χ2v) is 7.47. The fourth-order valence-electron chi connectivity index (χ4n) is 3.72. The Balaban J connectivity index is 1.73. The largest absolute Gasteiger partial charge is 0.369 e. The van der Waals surface area contributed by atoms with Crippen LogP contribution >= 0.6 is 0 Å². The Labute approximate surface area is 149 Å². The maximum Gasteiger partial charge on any atom is 0.254 e. The molecule has 2 N–H and O–H groups in total. The van der Waals surface area contributed by atoms with E-state index in [4.69, 9.17) is 0 Å². The van der Waals surface area contributed by atoms with Crippen LogP contribution in [-0.4, -0.2) is 62.7 Å². The van der Waals surface area contributed by atoms with Crippen molar-refractivity contribution >= 4 is 11.6 Å². The lowest BCUT2D eigenvalue weighted by molar-refractivity contribution is 0.0694. The van der Waals surface area contributed by atoms with Gasteiger partial charge in [-0.25, -0.2) is 4.39 Å². The van der Waals surface area contributed by atoms with Crippen LogP contribution in [0.2, 0.25) is 0 Å². The molecule has 138 valence electrons. The van der Waals surface area contributed by atoms with Crippen molar-refractivity contribution in [3.63, 3.8) is 0 Å². The first-order valence-electron chi connectivity index (χ1n) is 9.32. The molecule has 0 spiro atoms. The van der Waals surface area contributed by atoms with Crippen molar-refractivity contribution in [3.05, 3.63) is 29.6 Å². The molecule has 0 aromatic heterocycles. The molecule has 3 rings (SSSR count). The first-order chi connectivity index (χ1) is 12.0. The summed E-state index contributed by atoms with van der Waals surface area (Å²) in [5, 5.41) is 6.77. The molecule has 2 fully saturated rings. The number of piperazine rings is 2. The van der Waals surface area contributed by atoms with E-state index in [1.807, 2.05) is 11.0 Å². The molecule has 2 aliphatic rings. The molecular formula is C19H29FN4O. The lowest BCUT2D eigenvalue weighted by Gasteiger charge is -2.35. The van der Waals surface area contributed by atoms with Crippen LogP contribution in [0.25, 0.3) is 0 Å². The van der Waals surface area contributed by atoms with Crippen molar-refractivity contribution in [2.45, 2.75) is 26.3 Å². The first kappa shape index (κ1) is 18.1. The van der Waals surface area contributed by atoms with E-state index in [0.717, 1.165) is 44.8 Å². The highest BCUT2D eigenvalue weighted by molar-refractivity contribution is 5.95. The predicted octanol–water partition coefficient (Wildman–Crippen LogP) is 1.70. The van der Waals surface area contributed by atoms with Crippen LogP contribution in [0.5, 0.6) is 0 Å². The summed E-state index contributed by atoms with van der Waals surface area (Å²) in [6.07, 6.45) is 1.04. The van der Waals surface area contributed by atoms with Crippen molar-refractivity contribution < 1.29 is 9.18 Å². The molecule has 1 amide bonds. The van der Waals surface area contributed by atoms with Gasteiger partial charge in [0, 0.05) is 63.1 Å². The van der Waals surface area contributed by atoms with Gasteiger partial charge in [-0.2, -0.15) is 0 Å². The van der Waals surface area contributed by atoms with Crippen LogP contribution in [0.15, 0.2) is 18.2 Å². The van der Waals surface area contributed by atoms with Crippen molar-refractivity contribution in [1.82, 2.24) is 15.5 Å². The molecule has 2 saturated heterocycles. The molecule has 0 aliphatic carbocycles. The van der Waals surface area contributed by atoms with Crippen LogP contribution in [0.1, 0.15) is 30.6 Å². The molecule has 0 saturated carbocycles. The highest BCUT2D eigenvalue weighted by atomic mass is 19.1. The number of benzene rings is 1. The number of hydrogen-bond donors (Lipinski definition) is 2. The Morgan fingerprint density at radius 2 is 1.96 bits per heavy atom. The lowest BCUT2D eigenvalue weighted by atomic mass is 10.0. The Morgan fingerprint density at radius 3 is 2.68 bits per heavy atom. The summed E-state index contributed by atoms with van der Waals surface area (Å²) in [5.74, 6) is 0.181. The summed E-state index contributed by atoms with van der Waals surface area (Å²) in [6, 6.07) is 5.06. The fourth-order valence-corrected chi connectivity index (χ4v) is 3.72. The quantitative estimate of drug-likeness (QED) is 0.869. The number of rotatable bonds is 4. The van der Waals surface area contributed by atoms with E-state index < -0.39 is 0 Å². The standard InChI is InChI=1S/C19H29FN4O/c1-14(2)9-17-13-24(8-5-22-17)19(25)15-10-16(20)12-18(11-15)23-6-3-21-4-7-23/h10-12,14,17,21-22H,3-9,13H2,1-2H3/t17-/m0/s1. The number of halogens is 1. The average molecular weight is 348 g/mol. The molecule has 25 heavy (non-hydrogen) atoms. The summed E-state index contributed by atoms with van der Waals surface area (Å²) in [4.78, 5) is 16.9. The van der Waals surface area contributed by atoms with Crippen LogP contribution in [0, 0.1) is 11.7 Å². The van der Waals surface area contributed by atoms with Crippen molar-refractivity contribution in [2.24, 2.45) is 5.92 Å². The Morgan fingerprint density at radius 1 is 1.20 bits per heavy atom. The Kier molecular flexibility index (Phi) is 5.91. The molecule has 0 radical (unpaired) electrons. The fraction of sp³-hybridized carbons (Fsp3) is 0.632. The Bertz CT molecular complexity index is 601. The summed E-state index contributed by atoms with van der Waals surface area (Å²) in [5.41, 5.74) is 1.26. The van der Waals surface area contributed by atoms with Gasteiger partial charge >= 0.3 is 0 Å². The maximum atomic E-state index is 14.1. The summed E-state index contributed by atoms with van der Waals surface area (Å²) in [7, 11) is 0. The average Bonchev–Trinajstić information content (AvgIpc) is 2.61. The first-order valence-corrected chi connectivity index (χ1v) is 9.32. The third kappa shape index (κ3) is 4.70. The number of hydrogen-bond acceptors (Lipinski definition) is 4. The molecule has 2 aliphatic heterocycles. The molecule has 1 aromatic carbocycles. The minimum atomic E-state index is -0.340. The van der Waals surface area contributed by atoms with E-state index in [2.05, 4.69) is 29.4 Å². The van der Waals surface area contributed by atoms with E-state index in [1.54, 1.807) is 0 Å². The van der Waals surface area contributed by atoms with Gasteiger partial charge in [0.1, 0.15) is 5.82 Å². The van der Waals surface area contributed by atoms with Gasteiger partial charge in [-0.1, -0.05) is 13.8 Å². The van der Waals surface area contributed by atoms with Gasteiger partial charge in [-0.05, 0) is 30.5 Å². The number of carbonyl (C=O) groups excluding carboxylic acids is 1. The minimum absolute atomic E-state index is 0.0638. The van der Waals surface area contributed by atoms with Gasteiger partial charge in [0.15, 0.2) is 0 Å². The molecular weight excluding hydrogens is 319 g/mol. The van der Waals surface area contributed by atoms with Crippen LogP contribution in [-0.2, 0) is 0 Å². The Hall–Kier alpha value is -1.66. The summed E-state index contributed by atoms with van der Waals surface area (Å²) in [6.45, 7) is 9.97. The second kappa shape index (κ2) is 8.15. The van der Waals surface area contributed by atoms with E-state index in [-0.39, 0.29) is 11.7 Å². The summed E-state index contributed by atoms with van der Waals surface area (Å²) < 4.78 is 14.1. The van der Waals surface area contributed by atoms with Gasteiger partial charge in [0.2, 0.25) is 0 Å². The number of nitrogens with one attached hydrogen (secondary N) is 2. The van der Waals surface area contributed by atoms with Crippen LogP contribution in [0.4, 0.5) is 10.1 Å². The van der Waals surface area contributed by atoms with Crippen molar-refractivity contribution in [1.29, 1.82) is 0 Å². The number of nitrogens with zero attached hydrogens (tertiary/aromatic N) is 2. The van der Waals surface area contributed by atoms with E-state index in [0.29, 0.717) is 30.6 Å². The summed E-state index contributed by atoms with van der Waals surface area (Å²) >= 11 is 0. The number of carbonyl (C=O) groups is 1. The predicted molar refractivity (Wildman–Crippen MR) is 98.6 cm³/mol. The van der Waals surface area contributed by atoms with Crippen LogP contribution in [0.3, 0.4) is 0 Å². The smallest absolute Gasteiger partial charge is 0.254 e. The van der Waals surface area contributed by atoms with Gasteiger partial charge < -0.3 is 20.4 Å². The van der Waals surface area contributed by atoms with Gasteiger partial charge in [0.25, 0.3) is 5.91 Å². The van der Waals surface area contributed by atoms with Gasteiger partial charge in [-0.3, -0.25) is 4.79 Å². The topological polar surface area (TPSA) is 47.6 Å². The normalized spacial score (nSPS) is 21.7. The molecule has 5 nitrogen and oxygen atoms in total. The highest BCUT2D eigenvalue weighted by Gasteiger charge is 2.25. The van der Waals surface area contributed by atoms with E-state index in [9.17, 15) is 9.18 Å². The third-order valence-corrected chi connectivity index (χ3v) is 4.91. The molecule has 0 bridgehead atoms. The lowest BCUT2D eigenvalue weighted by Crippen LogP contribution is -2.53. The zero-order valence-electron chi connectivity index (χ0n) is 15.2. The zero-order chi connectivity index (χ0) is 17.8. The molecule has 1 aromatic rings. The van der Waals surface area contributed by atoms with Gasteiger partial charge in [-0.15, -0.1) is 0 Å². The maximum absolute atomic E-state index is 14.1.